The highest BCUT2D eigenvalue weighted by atomic mass is 127. The molecule has 0 aliphatic carbocycles. The van der Waals surface area contributed by atoms with Crippen molar-refractivity contribution in [3.8, 4) is 5.75 Å². The molecule has 0 saturated carbocycles. The van der Waals surface area contributed by atoms with Gasteiger partial charge in [0, 0.05) is 44.3 Å². The number of aliphatic imine (C=N–C) groups is 1. The molecule has 4 rings (SSSR count). The van der Waals surface area contributed by atoms with Gasteiger partial charge >= 0.3 is 0 Å². The van der Waals surface area contributed by atoms with E-state index in [1.807, 2.05) is 0 Å². The number of nitrogens with zero attached hydrogens (tertiary/aromatic N) is 3. The standard InChI is InChI=1S/C24H38N4O2.HI/c1-3-25-23(26-19-24(11-16-30-17-12-24)28-13-4-5-14-28)27-15-10-21(18-27)20-6-8-22(29-2)9-7-20;/h6-9,21H,3-5,10-19H2,1-2H3,(H,25,26);1H. The number of benzene rings is 1. The molecule has 0 aromatic heterocycles. The molecule has 31 heavy (non-hydrogen) atoms. The van der Waals surface area contributed by atoms with Crippen LogP contribution in [-0.4, -0.2) is 80.9 Å². The Morgan fingerprint density at radius 2 is 1.87 bits per heavy atom. The molecule has 3 aliphatic rings. The minimum atomic E-state index is 0. The normalized spacial score (nSPS) is 24.1. The van der Waals surface area contributed by atoms with Gasteiger partial charge in [-0.3, -0.25) is 9.89 Å². The van der Waals surface area contributed by atoms with Crippen molar-refractivity contribution < 1.29 is 9.47 Å². The monoisotopic (exact) mass is 542 g/mol. The summed E-state index contributed by atoms with van der Waals surface area (Å²) in [5.41, 5.74) is 1.58. The summed E-state index contributed by atoms with van der Waals surface area (Å²) in [6, 6.07) is 8.56. The number of likely N-dealkylation sites (tertiary alicyclic amines) is 2. The minimum Gasteiger partial charge on any atom is -0.497 e. The average Bonchev–Trinajstić information content (AvgIpc) is 3.50. The summed E-state index contributed by atoms with van der Waals surface area (Å²) in [5.74, 6) is 2.56. The smallest absolute Gasteiger partial charge is 0.194 e. The van der Waals surface area contributed by atoms with E-state index >= 15 is 0 Å². The van der Waals surface area contributed by atoms with Crippen molar-refractivity contribution in [3.63, 3.8) is 0 Å². The first-order valence-corrected chi connectivity index (χ1v) is 11.7. The number of methoxy groups -OCH3 is 1. The van der Waals surface area contributed by atoms with E-state index in [2.05, 4.69) is 46.3 Å². The van der Waals surface area contributed by atoms with Crippen molar-refractivity contribution in [2.75, 3.05) is 59.6 Å². The highest BCUT2D eigenvalue weighted by Gasteiger charge is 2.40. The molecule has 1 aromatic rings. The maximum atomic E-state index is 5.71. The minimum absolute atomic E-state index is 0. The molecule has 0 bridgehead atoms. The Bertz CT molecular complexity index is 700. The molecule has 3 heterocycles. The zero-order chi connectivity index (χ0) is 20.8. The summed E-state index contributed by atoms with van der Waals surface area (Å²) in [4.78, 5) is 10.4. The Morgan fingerprint density at radius 1 is 1.16 bits per heavy atom. The molecule has 1 atom stereocenters. The van der Waals surface area contributed by atoms with Crippen molar-refractivity contribution in [2.45, 2.75) is 50.5 Å². The van der Waals surface area contributed by atoms with E-state index in [9.17, 15) is 0 Å². The number of halogens is 1. The van der Waals surface area contributed by atoms with E-state index in [1.165, 1.54) is 37.9 Å². The molecule has 7 heteroatoms. The Kier molecular flexibility index (Phi) is 9.28. The second kappa shape index (κ2) is 11.7. The third kappa shape index (κ3) is 5.85. The fraction of sp³-hybridized carbons (Fsp3) is 0.708. The zero-order valence-corrected chi connectivity index (χ0v) is 21.5. The van der Waals surface area contributed by atoms with E-state index in [0.29, 0.717) is 5.92 Å². The third-order valence-electron chi connectivity index (χ3n) is 7.13. The first kappa shape index (κ1) is 24.6. The highest BCUT2D eigenvalue weighted by molar-refractivity contribution is 14.0. The SMILES string of the molecule is CCNC(=NCC1(N2CCCC2)CCOCC1)N1CCC(c2ccc(OC)cc2)C1.I. The second-order valence-corrected chi connectivity index (χ2v) is 8.91. The van der Waals surface area contributed by atoms with E-state index < -0.39 is 0 Å². The van der Waals surface area contributed by atoms with Crippen LogP contribution < -0.4 is 10.1 Å². The molecule has 1 unspecified atom stereocenters. The van der Waals surface area contributed by atoms with E-state index in [1.54, 1.807) is 7.11 Å². The van der Waals surface area contributed by atoms with Crippen LogP contribution in [-0.2, 0) is 4.74 Å². The van der Waals surface area contributed by atoms with Gasteiger partial charge in [0.2, 0.25) is 0 Å². The van der Waals surface area contributed by atoms with Gasteiger partial charge in [-0.15, -0.1) is 24.0 Å². The molecule has 174 valence electrons. The first-order valence-electron chi connectivity index (χ1n) is 11.7. The van der Waals surface area contributed by atoms with Gasteiger partial charge in [-0.05, 0) is 69.8 Å². The molecule has 1 aromatic carbocycles. The van der Waals surface area contributed by atoms with Gasteiger partial charge in [-0.1, -0.05) is 12.1 Å². The van der Waals surface area contributed by atoms with Crippen LogP contribution in [0.3, 0.4) is 0 Å². The van der Waals surface area contributed by atoms with E-state index in [-0.39, 0.29) is 29.5 Å². The van der Waals surface area contributed by atoms with Gasteiger partial charge in [0.1, 0.15) is 5.75 Å². The van der Waals surface area contributed by atoms with Crippen molar-refractivity contribution >= 4 is 29.9 Å². The van der Waals surface area contributed by atoms with Crippen LogP contribution in [0.25, 0.3) is 0 Å². The summed E-state index contributed by atoms with van der Waals surface area (Å²) in [7, 11) is 1.72. The van der Waals surface area contributed by atoms with Crippen molar-refractivity contribution in [3.05, 3.63) is 29.8 Å². The lowest BCUT2D eigenvalue weighted by atomic mass is 9.88. The van der Waals surface area contributed by atoms with E-state index in [0.717, 1.165) is 63.9 Å². The van der Waals surface area contributed by atoms with Crippen LogP contribution in [0.1, 0.15) is 50.5 Å². The number of ether oxygens (including phenoxy) is 2. The Balaban J connectivity index is 0.00000272. The number of nitrogens with one attached hydrogen (secondary N) is 1. The molecule has 0 spiro atoms. The quantitative estimate of drug-likeness (QED) is 0.338. The average molecular weight is 543 g/mol. The van der Waals surface area contributed by atoms with Crippen LogP contribution in [0.4, 0.5) is 0 Å². The van der Waals surface area contributed by atoms with Crippen LogP contribution in [0.5, 0.6) is 5.75 Å². The van der Waals surface area contributed by atoms with Gasteiger partial charge < -0.3 is 19.7 Å². The van der Waals surface area contributed by atoms with Gasteiger partial charge in [-0.2, -0.15) is 0 Å². The van der Waals surface area contributed by atoms with Crippen LogP contribution in [0.15, 0.2) is 29.3 Å². The lowest BCUT2D eigenvalue weighted by Crippen LogP contribution is -2.54. The van der Waals surface area contributed by atoms with Gasteiger partial charge in [0.15, 0.2) is 5.96 Å². The fourth-order valence-corrected chi connectivity index (χ4v) is 5.27. The van der Waals surface area contributed by atoms with E-state index in [4.69, 9.17) is 14.5 Å². The molecule has 0 radical (unpaired) electrons. The second-order valence-electron chi connectivity index (χ2n) is 8.91. The summed E-state index contributed by atoms with van der Waals surface area (Å²) in [6.45, 7) is 10.2. The topological polar surface area (TPSA) is 49.3 Å². The van der Waals surface area contributed by atoms with Crippen LogP contribution >= 0.6 is 24.0 Å². The summed E-state index contributed by atoms with van der Waals surface area (Å²) in [5, 5.41) is 3.57. The van der Waals surface area contributed by atoms with Crippen molar-refractivity contribution in [1.82, 2.24) is 15.1 Å². The summed E-state index contributed by atoms with van der Waals surface area (Å²) in [6.07, 6.45) is 6.01. The lowest BCUT2D eigenvalue weighted by molar-refractivity contribution is -0.0139. The number of hydrogen-bond acceptors (Lipinski definition) is 4. The maximum Gasteiger partial charge on any atom is 0.194 e. The van der Waals surface area contributed by atoms with Gasteiger partial charge in [0.05, 0.1) is 13.7 Å². The van der Waals surface area contributed by atoms with Crippen molar-refractivity contribution in [1.29, 1.82) is 0 Å². The Hall–Kier alpha value is -1.06. The molecule has 3 saturated heterocycles. The van der Waals surface area contributed by atoms with Crippen LogP contribution in [0, 0.1) is 0 Å². The van der Waals surface area contributed by atoms with Gasteiger partial charge in [0.25, 0.3) is 0 Å². The maximum absolute atomic E-state index is 5.71. The Morgan fingerprint density at radius 3 is 2.52 bits per heavy atom. The predicted molar refractivity (Wildman–Crippen MR) is 137 cm³/mol. The van der Waals surface area contributed by atoms with Gasteiger partial charge in [-0.25, -0.2) is 0 Å². The molecule has 0 amide bonds. The van der Waals surface area contributed by atoms with Crippen LogP contribution in [0.2, 0.25) is 0 Å². The molecular weight excluding hydrogens is 503 g/mol. The summed E-state index contributed by atoms with van der Waals surface area (Å²) >= 11 is 0. The largest absolute Gasteiger partial charge is 0.497 e. The highest BCUT2D eigenvalue weighted by Crippen LogP contribution is 2.32. The fourth-order valence-electron chi connectivity index (χ4n) is 5.27. The number of hydrogen-bond donors (Lipinski definition) is 1. The predicted octanol–water partition coefficient (Wildman–Crippen LogP) is 3.71. The molecule has 3 aliphatic heterocycles. The first-order chi connectivity index (χ1) is 14.7. The third-order valence-corrected chi connectivity index (χ3v) is 7.13. The van der Waals surface area contributed by atoms with Crippen molar-refractivity contribution in [2.24, 2.45) is 4.99 Å². The summed E-state index contributed by atoms with van der Waals surface area (Å²) < 4.78 is 11.0. The Labute approximate surface area is 204 Å². The molecule has 1 N–H and O–H groups in total. The number of rotatable bonds is 6. The number of guanidine groups is 1. The molecular formula is C24H39IN4O2. The zero-order valence-electron chi connectivity index (χ0n) is 19.1. The molecule has 6 nitrogen and oxygen atoms in total. The molecule has 3 fully saturated rings. The lowest BCUT2D eigenvalue weighted by Gasteiger charge is -2.43.